The van der Waals surface area contributed by atoms with E-state index in [9.17, 15) is 0 Å². The summed E-state index contributed by atoms with van der Waals surface area (Å²) in [7, 11) is 0. The molecule has 3 nitrogen and oxygen atoms in total. The van der Waals surface area contributed by atoms with E-state index in [4.69, 9.17) is 5.73 Å². The Kier molecular flexibility index (Phi) is 3.93. The fourth-order valence-electron chi connectivity index (χ4n) is 2.53. The van der Waals surface area contributed by atoms with E-state index < -0.39 is 0 Å². The molecule has 0 bridgehead atoms. The van der Waals surface area contributed by atoms with Gasteiger partial charge in [-0.1, -0.05) is 6.92 Å². The third kappa shape index (κ3) is 2.65. The van der Waals surface area contributed by atoms with Gasteiger partial charge in [0.05, 0.1) is 5.52 Å². The molecule has 2 N–H and O–H groups in total. The summed E-state index contributed by atoms with van der Waals surface area (Å²) in [6.45, 7) is 9.71. The van der Waals surface area contributed by atoms with E-state index in [0.717, 1.165) is 35.2 Å². The monoisotopic (exact) mass is 257 g/mol. The second kappa shape index (κ2) is 5.47. The standard InChI is InChI=1S/C16H23N3/c1-5-12(4)19(6-2)16-9-11(3)18-15-8-7-13(17)10-14(15)16/h7-10,12H,5-6,17H2,1-4H3. The van der Waals surface area contributed by atoms with Crippen LogP contribution >= 0.6 is 0 Å². The number of nitrogens with two attached hydrogens (primary N) is 1. The number of fused-ring (bicyclic) bond motifs is 1. The molecular formula is C16H23N3. The topological polar surface area (TPSA) is 42.2 Å². The van der Waals surface area contributed by atoms with Crippen LogP contribution in [0.15, 0.2) is 24.3 Å². The molecule has 0 radical (unpaired) electrons. The summed E-state index contributed by atoms with van der Waals surface area (Å²) in [5, 5.41) is 1.15. The molecule has 0 saturated carbocycles. The molecule has 2 aromatic rings. The number of rotatable bonds is 4. The van der Waals surface area contributed by atoms with Crippen molar-refractivity contribution in [1.29, 1.82) is 0 Å². The Balaban J connectivity index is 2.66. The van der Waals surface area contributed by atoms with Crippen molar-refractivity contribution in [2.45, 2.75) is 40.2 Å². The summed E-state index contributed by atoms with van der Waals surface area (Å²) in [5.41, 5.74) is 10.0. The summed E-state index contributed by atoms with van der Waals surface area (Å²) >= 11 is 0. The van der Waals surface area contributed by atoms with Crippen LogP contribution in [0.25, 0.3) is 10.9 Å². The molecule has 0 saturated heterocycles. The number of benzene rings is 1. The van der Waals surface area contributed by atoms with E-state index in [1.165, 1.54) is 5.69 Å². The molecule has 3 heteroatoms. The molecule has 2 rings (SSSR count). The van der Waals surface area contributed by atoms with Crippen LogP contribution in [-0.2, 0) is 0 Å². The van der Waals surface area contributed by atoms with Crippen LogP contribution in [0.2, 0.25) is 0 Å². The van der Waals surface area contributed by atoms with E-state index in [-0.39, 0.29) is 0 Å². The average Bonchev–Trinajstić information content (AvgIpc) is 2.39. The lowest BCUT2D eigenvalue weighted by molar-refractivity contribution is 0.631. The summed E-state index contributed by atoms with van der Waals surface area (Å²) in [5.74, 6) is 0. The van der Waals surface area contributed by atoms with Crippen molar-refractivity contribution in [3.05, 3.63) is 30.0 Å². The zero-order chi connectivity index (χ0) is 14.0. The van der Waals surface area contributed by atoms with Gasteiger partial charge in [-0.25, -0.2) is 0 Å². The van der Waals surface area contributed by atoms with Gasteiger partial charge in [0.2, 0.25) is 0 Å². The maximum atomic E-state index is 5.93. The minimum atomic E-state index is 0.511. The number of aromatic nitrogens is 1. The maximum absolute atomic E-state index is 5.93. The fraction of sp³-hybridized carbons (Fsp3) is 0.438. The molecular weight excluding hydrogens is 234 g/mol. The van der Waals surface area contributed by atoms with Gasteiger partial charge in [-0.2, -0.15) is 0 Å². The highest BCUT2D eigenvalue weighted by molar-refractivity contribution is 5.94. The predicted octanol–water partition coefficient (Wildman–Crippen LogP) is 3.75. The van der Waals surface area contributed by atoms with Gasteiger partial charge in [-0.15, -0.1) is 0 Å². The lowest BCUT2D eigenvalue weighted by Gasteiger charge is -2.30. The van der Waals surface area contributed by atoms with Crippen LogP contribution in [0, 0.1) is 6.92 Å². The number of hydrogen-bond donors (Lipinski definition) is 1. The van der Waals surface area contributed by atoms with Crippen LogP contribution in [-0.4, -0.2) is 17.6 Å². The molecule has 1 aromatic heterocycles. The molecule has 102 valence electrons. The Morgan fingerprint density at radius 3 is 2.63 bits per heavy atom. The Hall–Kier alpha value is -1.77. The van der Waals surface area contributed by atoms with Crippen molar-refractivity contribution < 1.29 is 0 Å². The maximum Gasteiger partial charge on any atom is 0.0727 e. The number of nitrogens with zero attached hydrogens (tertiary/aromatic N) is 2. The molecule has 1 heterocycles. The first kappa shape index (κ1) is 13.7. The van der Waals surface area contributed by atoms with Gasteiger partial charge in [0.25, 0.3) is 0 Å². The fourth-order valence-corrected chi connectivity index (χ4v) is 2.53. The molecule has 0 amide bonds. The first-order valence-corrected chi connectivity index (χ1v) is 7.00. The summed E-state index contributed by atoms with van der Waals surface area (Å²) in [4.78, 5) is 7.02. The van der Waals surface area contributed by atoms with Crippen molar-refractivity contribution in [2.24, 2.45) is 0 Å². The summed E-state index contributed by atoms with van der Waals surface area (Å²) < 4.78 is 0. The first-order valence-electron chi connectivity index (χ1n) is 7.00. The van der Waals surface area contributed by atoms with E-state index in [1.807, 2.05) is 25.1 Å². The molecule has 0 aliphatic carbocycles. The molecule has 19 heavy (non-hydrogen) atoms. The zero-order valence-corrected chi connectivity index (χ0v) is 12.3. The normalized spacial score (nSPS) is 12.6. The van der Waals surface area contributed by atoms with Crippen molar-refractivity contribution >= 4 is 22.3 Å². The van der Waals surface area contributed by atoms with Gasteiger partial charge in [0.15, 0.2) is 0 Å². The highest BCUT2D eigenvalue weighted by Gasteiger charge is 2.15. The third-order valence-electron chi connectivity index (χ3n) is 3.71. The van der Waals surface area contributed by atoms with E-state index in [0.29, 0.717) is 6.04 Å². The minimum Gasteiger partial charge on any atom is -0.399 e. The molecule has 0 spiro atoms. The second-order valence-electron chi connectivity index (χ2n) is 5.10. The van der Waals surface area contributed by atoms with Crippen molar-refractivity contribution in [3.63, 3.8) is 0 Å². The molecule has 1 aromatic carbocycles. The Labute approximate surface area is 115 Å². The first-order chi connectivity index (χ1) is 9.06. The van der Waals surface area contributed by atoms with E-state index in [2.05, 4.69) is 36.7 Å². The molecule has 1 unspecified atom stereocenters. The van der Waals surface area contributed by atoms with E-state index in [1.54, 1.807) is 0 Å². The van der Waals surface area contributed by atoms with Crippen LogP contribution in [0.1, 0.15) is 32.9 Å². The van der Waals surface area contributed by atoms with Gasteiger partial charge in [-0.3, -0.25) is 4.98 Å². The van der Waals surface area contributed by atoms with Crippen molar-refractivity contribution in [1.82, 2.24) is 4.98 Å². The van der Waals surface area contributed by atoms with Crippen LogP contribution in [0.3, 0.4) is 0 Å². The molecule has 0 aliphatic heterocycles. The predicted molar refractivity (Wildman–Crippen MR) is 83.7 cm³/mol. The summed E-state index contributed by atoms with van der Waals surface area (Å²) in [6.07, 6.45) is 1.12. The smallest absolute Gasteiger partial charge is 0.0727 e. The highest BCUT2D eigenvalue weighted by atomic mass is 15.2. The highest BCUT2D eigenvalue weighted by Crippen LogP contribution is 2.30. The molecule has 1 atom stereocenters. The quantitative estimate of drug-likeness (QED) is 0.848. The van der Waals surface area contributed by atoms with Crippen molar-refractivity contribution in [2.75, 3.05) is 17.2 Å². The largest absolute Gasteiger partial charge is 0.399 e. The summed E-state index contributed by atoms with van der Waals surface area (Å²) in [6, 6.07) is 8.62. The van der Waals surface area contributed by atoms with Gasteiger partial charge in [0.1, 0.15) is 0 Å². The minimum absolute atomic E-state index is 0.511. The Morgan fingerprint density at radius 1 is 1.26 bits per heavy atom. The van der Waals surface area contributed by atoms with Gasteiger partial charge >= 0.3 is 0 Å². The Bertz CT molecular complexity index is 577. The lowest BCUT2D eigenvalue weighted by Crippen LogP contribution is -2.32. The third-order valence-corrected chi connectivity index (χ3v) is 3.71. The number of aryl methyl sites for hydroxylation is 1. The Morgan fingerprint density at radius 2 is 2.00 bits per heavy atom. The van der Waals surface area contributed by atoms with Gasteiger partial charge < -0.3 is 10.6 Å². The average molecular weight is 257 g/mol. The van der Waals surface area contributed by atoms with Crippen LogP contribution in [0.5, 0.6) is 0 Å². The number of hydrogen-bond acceptors (Lipinski definition) is 3. The van der Waals surface area contributed by atoms with Gasteiger partial charge in [-0.05, 0) is 51.5 Å². The number of anilines is 2. The second-order valence-corrected chi connectivity index (χ2v) is 5.10. The van der Waals surface area contributed by atoms with Crippen LogP contribution < -0.4 is 10.6 Å². The number of nitrogen functional groups attached to an aromatic ring is 1. The zero-order valence-electron chi connectivity index (χ0n) is 12.3. The van der Waals surface area contributed by atoms with Crippen molar-refractivity contribution in [3.8, 4) is 0 Å². The lowest BCUT2D eigenvalue weighted by atomic mass is 10.1. The number of pyridine rings is 1. The molecule has 0 fully saturated rings. The van der Waals surface area contributed by atoms with Crippen LogP contribution in [0.4, 0.5) is 11.4 Å². The molecule has 0 aliphatic rings. The van der Waals surface area contributed by atoms with E-state index >= 15 is 0 Å². The van der Waals surface area contributed by atoms with Gasteiger partial charge in [0, 0.05) is 35.0 Å². The SMILES string of the molecule is CCC(C)N(CC)c1cc(C)nc2ccc(N)cc12.